The Morgan fingerprint density at radius 1 is 1.20 bits per heavy atom. The number of aromatic nitrogens is 2. The van der Waals surface area contributed by atoms with Gasteiger partial charge in [-0.05, 0) is 18.2 Å². The maximum Gasteiger partial charge on any atom is 0.163 e. The number of hydrogen-bond acceptors (Lipinski definition) is 7. The number of thiophene rings is 1. The summed E-state index contributed by atoms with van der Waals surface area (Å²) in [6.07, 6.45) is 0. The van der Waals surface area contributed by atoms with Crippen LogP contribution in [0.5, 0.6) is 0 Å². The van der Waals surface area contributed by atoms with E-state index in [2.05, 4.69) is 22.0 Å². The van der Waals surface area contributed by atoms with Crippen molar-refractivity contribution in [1.82, 2.24) is 14.9 Å². The van der Waals surface area contributed by atoms with Crippen LogP contribution >= 0.6 is 23.1 Å². The van der Waals surface area contributed by atoms with E-state index in [1.807, 2.05) is 23.9 Å². The molecule has 0 atom stereocenters. The van der Waals surface area contributed by atoms with E-state index in [1.165, 1.54) is 16.4 Å². The summed E-state index contributed by atoms with van der Waals surface area (Å²) in [5, 5.41) is 10.00. The van der Waals surface area contributed by atoms with Gasteiger partial charge >= 0.3 is 0 Å². The second kappa shape index (κ2) is 7.00. The molecule has 1 fully saturated rings. The van der Waals surface area contributed by atoms with Gasteiger partial charge in [-0.25, -0.2) is 9.97 Å². The molecule has 0 unspecified atom stereocenters. The van der Waals surface area contributed by atoms with E-state index in [0.717, 1.165) is 35.4 Å². The van der Waals surface area contributed by atoms with Crippen LogP contribution in [0.15, 0.2) is 30.3 Å². The molecule has 126 valence electrons. The first kappa shape index (κ1) is 16.3. The van der Waals surface area contributed by atoms with E-state index in [1.54, 1.807) is 23.5 Å². The van der Waals surface area contributed by atoms with Gasteiger partial charge < -0.3 is 5.73 Å². The van der Waals surface area contributed by atoms with Crippen LogP contribution in [0.2, 0.25) is 0 Å². The predicted molar refractivity (Wildman–Crippen MR) is 105 cm³/mol. The van der Waals surface area contributed by atoms with Gasteiger partial charge in [0.25, 0.3) is 0 Å². The molecule has 0 amide bonds. The molecule has 2 aromatic heterocycles. The molecule has 3 heterocycles. The number of nitrogen functional groups attached to an aromatic ring is 1. The monoisotopic (exact) mass is 367 g/mol. The first-order valence-electron chi connectivity index (χ1n) is 8.09. The second-order valence-corrected chi connectivity index (χ2v) is 8.29. The van der Waals surface area contributed by atoms with Crippen molar-refractivity contribution in [2.75, 3.05) is 30.3 Å². The fraction of sp³-hybridized carbons (Fsp3) is 0.278. The second-order valence-electron chi connectivity index (χ2n) is 5.95. The maximum atomic E-state index is 9.07. The summed E-state index contributed by atoms with van der Waals surface area (Å²) in [4.78, 5) is 13.8. The summed E-state index contributed by atoms with van der Waals surface area (Å²) >= 11 is 3.69. The third kappa shape index (κ3) is 3.47. The van der Waals surface area contributed by atoms with Gasteiger partial charge in [0.05, 0.1) is 17.0 Å². The Labute approximate surface area is 154 Å². The normalized spacial score (nSPS) is 15.3. The number of nitriles is 1. The van der Waals surface area contributed by atoms with Gasteiger partial charge in [0.1, 0.15) is 10.6 Å². The molecule has 5 nitrogen and oxygen atoms in total. The minimum Gasteiger partial charge on any atom is -0.383 e. The SMILES string of the molecule is N#Cc1cccc(-c2nc(N)c3cc(CN4CCSCC4)sc3n2)c1. The van der Waals surface area contributed by atoms with Crippen molar-refractivity contribution in [3.8, 4) is 17.5 Å². The van der Waals surface area contributed by atoms with Gasteiger partial charge in [-0.3, -0.25) is 4.90 Å². The number of anilines is 1. The van der Waals surface area contributed by atoms with Crippen molar-refractivity contribution >= 4 is 39.1 Å². The summed E-state index contributed by atoms with van der Waals surface area (Å²) in [6.45, 7) is 3.21. The van der Waals surface area contributed by atoms with Crippen molar-refractivity contribution in [3.05, 3.63) is 40.8 Å². The van der Waals surface area contributed by atoms with Crippen molar-refractivity contribution in [2.24, 2.45) is 0 Å². The predicted octanol–water partition coefficient (Wildman–Crippen LogP) is 3.36. The van der Waals surface area contributed by atoms with E-state index in [0.29, 0.717) is 17.2 Å². The number of fused-ring (bicyclic) bond motifs is 1. The summed E-state index contributed by atoms with van der Waals surface area (Å²) < 4.78 is 0. The average molecular weight is 368 g/mol. The molecule has 0 radical (unpaired) electrons. The van der Waals surface area contributed by atoms with Crippen molar-refractivity contribution in [2.45, 2.75) is 6.54 Å². The minimum atomic E-state index is 0.499. The Morgan fingerprint density at radius 2 is 2.04 bits per heavy atom. The summed E-state index contributed by atoms with van der Waals surface area (Å²) in [5.41, 5.74) is 7.59. The zero-order valence-electron chi connectivity index (χ0n) is 13.6. The van der Waals surface area contributed by atoms with Crippen LogP contribution in [0.1, 0.15) is 10.4 Å². The minimum absolute atomic E-state index is 0.499. The lowest BCUT2D eigenvalue weighted by Crippen LogP contribution is -2.31. The third-order valence-electron chi connectivity index (χ3n) is 4.21. The summed E-state index contributed by atoms with van der Waals surface area (Å²) in [6, 6.07) is 11.6. The Hall–Kier alpha value is -2.14. The quantitative estimate of drug-likeness (QED) is 0.765. The number of benzene rings is 1. The fourth-order valence-electron chi connectivity index (χ4n) is 2.91. The largest absolute Gasteiger partial charge is 0.383 e. The number of rotatable bonds is 3. The number of nitrogens with zero attached hydrogens (tertiary/aromatic N) is 4. The van der Waals surface area contributed by atoms with E-state index in [4.69, 9.17) is 16.0 Å². The lowest BCUT2D eigenvalue weighted by atomic mass is 10.1. The van der Waals surface area contributed by atoms with Crippen LogP contribution in [-0.2, 0) is 6.54 Å². The first-order valence-corrected chi connectivity index (χ1v) is 10.1. The molecule has 1 aliphatic rings. The van der Waals surface area contributed by atoms with Crippen LogP contribution in [0.25, 0.3) is 21.6 Å². The van der Waals surface area contributed by atoms with E-state index < -0.39 is 0 Å². The maximum absolute atomic E-state index is 9.07. The highest BCUT2D eigenvalue weighted by molar-refractivity contribution is 7.99. The standard InChI is InChI=1S/C18H17N5S2/c19-10-12-2-1-3-13(8-12)17-21-16(20)15-9-14(25-18(15)22-17)11-23-4-6-24-7-5-23/h1-3,8-9H,4-7,11H2,(H2,20,21,22). The molecule has 1 aromatic carbocycles. The molecule has 1 saturated heterocycles. The molecule has 0 bridgehead atoms. The van der Waals surface area contributed by atoms with Crippen LogP contribution in [0, 0.1) is 11.3 Å². The third-order valence-corrected chi connectivity index (χ3v) is 6.16. The van der Waals surface area contributed by atoms with Crippen molar-refractivity contribution in [3.63, 3.8) is 0 Å². The Bertz CT molecular complexity index is 954. The average Bonchev–Trinajstić information content (AvgIpc) is 3.05. The molecular weight excluding hydrogens is 350 g/mol. The fourth-order valence-corrected chi connectivity index (χ4v) is 4.96. The molecule has 0 saturated carbocycles. The molecule has 2 N–H and O–H groups in total. The number of nitrogens with two attached hydrogens (primary N) is 1. The topological polar surface area (TPSA) is 78.8 Å². The summed E-state index contributed by atoms with van der Waals surface area (Å²) in [5.74, 6) is 3.47. The highest BCUT2D eigenvalue weighted by Gasteiger charge is 2.15. The number of hydrogen-bond donors (Lipinski definition) is 1. The van der Waals surface area contributed by atoms with Crippen molar-refractivity contribution < 1.29 is 0 Å². The zero-order valence-corrected chi connectivity index (χ0v) is 15.2. The number of thioether (sulfide) groups is 1. The Morgan fingerprint density at radius 3 is 2.84 bits per heavy atom. The molecular formula is C18H17N5S2. The molecule has 0 spiro atoms. The van der Waals surface area contributed by atoms with Gasteiger partial charge in [-0.2, -0.15) is 17.0 Å². The van der Waals surface area contributed by atoms with Gasteiger partial charge in [-0.15, -0.1) is 11.3 Å². The van der Waals surface area contributed by atoms with Crippen LogP contribution in [0.3, 0.4) is 0 Å². The molecule has 3 aromatic rings. The molecule has 1 aliphatic heterocycles. The van der Waals surface area contributed by atoms with Gasteiger partial charge in [0.15, 0.2) is 5.82 Å². The Kier molecular flexibility index (Phi) is 4.57. The van der Waals surface area contributed by atoms with E-state index in [-0.39, 0.29) is 0 Å². The highest BCUT2D eigenvalue weighted by atomic mass is 32.2. The van der Waals surface area contributed by atoms with Crippen LogP contribution < -0.4 is 5.73 Å². The molecule has 4 rings (SSSR count). The van der Waals surface area contributed by atoms with Gasteiger partial charge in [0, 0.05) is 41.6 Å². The van der Waals surface area contributed by atoms with Gasteiger partial charge in [0.2, 0.25) is 0 Å². The Balaban J connectivity index is 1.68. The van der Waals surface area contributed by atoms with E-state index in [9.17, 15) is 0 Å². The summed E-state index contributed by atoms with van der Waals surface area (Å²) in [7, 11) is 0. The lowest BCUT2D eigenvalue weighted by Gasteiger charge is -2.25. The van der Waals surface area contributed by atoms with Crippen molar-refractivity contribution in [1.29, 1.82) is 5.26 Å². The molecule has 0 aliphatic carbocycles. The zero-order chi connectivity index (χ0) is 17.2. The highest BCUT2D eigenvalue weighted by Crippen LogP contribution is 2.31. The van der Waals surface area contributed by atoms with Gasteiger partial charge in [-0.1, -0.05) is 12.1 Å². The molecule has 7 heteroatoms. The smallest absolute Gasteiger partial charge is 0.163 e. The van der Waals surface area contributed by atoms with E-state index >= 15 is 0 Å². The molecule has 25 heavy (non-hydrogen) atoms. The first-order chi connectivity index (χ1) is 12.2. The lowest BCUT2D eigenvalue weighted by molar-refractivity contribution is 0.297. The van der Waals surface area contributed by atoms with Crippen LogP contribution in [-0.4, -0.2) is 39.5 Å². The van der Waals surface area contributed by atoms with Crippen LogP contribution in [0.4, 0.5) is 5.82 Å².